The number of carbonyl (C=O) groups is 2. The van der Waals surface area contributed by atoms with Crippen molar-refractivity contribution < 1.29 is 9.59 Å². The minimum absolute atomic E-state index is 0.0346. The monoisotopic (exact) mass is 422 g/mol. The molecule has 2 aromatic carbocycles. The van der Waals surface area contributed by atoms with Crippen LogP contribution in [0.15, 0.2) is 60.8 Å². The number of benzene rings is 2. The molecule has 154 valence electrons. The Morgan fingerprint density at radius 2 is 1.50 bits per heavy atom. The third-order valence-electron chi connectivity index (χ3n) is 5.38. The van der Waals surface area contributed by atoms with Gasteiger partial charge >= 0.3 is 0 Å². The van der Waals surface area contributed by atoms with E-state index in [4.69, 9.17) is 11.6 Å². The molecule has 6 nitrogen and oxygen atoms in total. The van der Waals surface area contributed by atoms with Crippen LogP contribution in [0.3, 0.4) is 0 Å². The molecule has 0 bridgehead atoms. The van der Waals surface area contributed by atoms with Gasteiger partial charge in [-0.05, 0) is 42.8 Å². The van der Waals surface area contributed by atoms with E-state index in [1.807, 2.05) is 41.9 Å². The zero-order chi connectivity index (χ0) is 21.1. The third-order valence-corrected chi connectivity index (χ3v) is 5.63. The second kappa shape index (κ2) is 8.71. The molecule has 0 aliphatic carbocycles. The number of aromatic nitrogens is 2. The van der Waals surface area contributed by atoms with Gasteiger partial charge in [-0.1, -0.05) is 36.7 Å². The molecule has 30 heavy (non-hydrogen) atoms. The van der Waals surface area contributed by atoms with Gasteiger partial charge in [0.25, 0.3) is 11.8 Å². The number of rotatable bonds is 4. The van der Waals surface area contributed by atoms with Crippen LogP contribution in [0.2, 0.25) is 5.02 Å². The molecule has 0 unspecified atom stereocenters. The van der Waals surface area contributed by atoms with Crippen molar-refractivity contribution in [3.8, 4) is 5.69 Å². The molecular formula is C23H23ClN4O2. The molecule has 7 heteroatoms. The SMILES string of the molecule is CCc1c(C(=O)N2CCN(C(=O)c3ccc(Cl)cc3)CC2)cnn1-c1ccccc1. The lowest BCUT2D eigenvalue weighted by atomic mass is 10.1. The lowest BCUT2D eigenvalue weighted by molar-refractivity contribution is 0.0535. The highest BCUT2D eigenvalue weighted by molar-refractivity contribution is 6.30. The van der Waals surface area contributed by atoms with Crippen LogP contribution in [-0.2, 0) is 6.42 Å². The molecule has 0 radical (unpaired) electrons. The van der Waals surface area contributed by atoms with Crippen LogP contribution < -0.4 is 0 Å². The van der Waals surface area contributed by atoms with Crippen LogP contribution in [-0.4, -0.2) is 57.6 Å². The number of piperazine rings is 1. The van der Waals surface area contributed by atoms with Gasteiger partial charge in [-0.3, -0.25) is 9.59 Å². The molecule has 1 aromatic heterocycles. The molecule has 1 aliphatic heterocycles. The van der Waals surface area contributed by atoms with Gasteiger partial charge < -0.3 is 9.80 Å². The van der Waals surface area contributed by atoms with Crippen molar-refractivity contribution in [1.82, 2.24) is 19.6 Å². The number of hydrogen-bond donors (Lipinski definition) is 0. The fourth-order valence-electron chi connectivity index (χ4n) is 3.74. The first kappa shape index (κ1) is 20.2. The van der Waals surface area contributed by atoms with E-state index in [1.54, 1.807) is 40.3 Å². The number of para-hydroxylation sites is 1. The molecule has 0 N–H and O–H groups in total. The van der Waals surface area contributed by atoms with Crippen molar-refractivity contribution in [1.29, 1.82) is 0 Å². The Kier molecular flexibility index (Phi) is 5.86. The van der Waals surface area contributed by atoms with Crippen LogP contribution in [0.1, 0.15) is 33.3 Å². The van der Waals surface area contributed by atoms with Crippen LogP contribution in [0.25, 0.3) is 5.69 Å². The van der Waals surface area contributed by atoms with Gasteiger partial charge in [0.05, 0.1) is 23.1 Å². The van der Waals surface area contributed by atoms with Crippen molar-refractivity contribution in [2.45, 2.75) is 13.3 Å². The van der Waals surface area contributed by atoms with Crippen molar-refractivity contribution in [3.05, 3.63) is 82.6 Å². The van der Waals surface area contributed by atoms with Gasteiger partial charge in [0.1, 0.15) is 0 Å². The quantitative estimate of drug-likeness (QED) is 0.644. The molecule has 0 spiro atoms. The Morgan fingerprint density at radius 3 is 2.10 bits per heavy atom. The highest BCUT2D eigenvalue weighted by Crippen LogP contribution is 2.19. The number of nitrogens with zero attached hydrogens (tertiary/aromatic N) is 4. The van der Waals surface area contributed by atoms with E-state index in [0.717, 1.165) is 11.4 Å². The Morgan fingerprint density at radius 1 is 0.900 bits per heavy atom. The van der Waals surface area contributed by atoms with Gasteiger partial charge in [-0.15, -0.1) is 0 Å². The van der Waals surface area contributed by atoms with E-state index in [-0.39, 0.29) is 11.8 Å². The average molecular weight is 423 g/mol. The maximum atomic E-state index is 13.2. The highest BCUT2D eigenvalue weighted by atomic mass is 35.5. The Bertz CT molecular complexity index is 1040. The smallest absolute Gasteiger partial charge is 0.257 e. The lowest BCUT2D eigenvalue weighted by Gasteiger charge is -2.34. The minimum atomic E-state index is -0.0371. The average Bonchev–Trinajstić information content (AvgIpc) is 3.23. The van der Waals surface area contributed by atoms with Crippen LogP contribution in [0, 0.1) is 0 Å². The van der Waals surface area contributed by atoms with E-state index in [9.17, 15) is 9.59 Å². The number of hydrogen-bond acceptors (Lipinski definition) is 3. The summed E-state index contributed by atoms with van der Waals surface area (Å²) in [5.74, 6) is -0.0717. The van der Waals surface area contributed by atoms with Gasteiger partial charge in [-0.25, -0.2) is 4.68 Å². The maximum Gasteiger partial charge on any atom is 0.257 e. The summed E-state index contributed by atoms with van der Waals surface area (Å²) in [5.41, 5.74) is 3.06. The first-order valence-electron chi connectivity index (χ1n) is 10.0. The van der Waals surface area contributed by atoms with Crippen molar-refractivity contribution in [2.75, 3.05) is 26.2 Å². The van der Waals surface area contributed by atoms with Crippen LogP contribution >= 0.6 is 11.6 Å². The van der Waals surface area contributed by atoms with E-state index in [1.165, 1.54) is 0 Å². The molecule has 0 atom stereocenters. The molecule has 3 aromatic rings. The van der Waals surface area contributed by atoms with Gasteiger partial charge in [-0.2, -0.15) is 5.10 Å². The summed E-state index contributed by atoms with van der Waals surface area (Å²) in [5, 5.41) is 5.06. The molecule has 1 aliphatic rings. The Balaban J connectivity index is 1.45. The predicted octanol–water partition coefficient (Wildman–Crippen LogP) is 3.69. The van der Waals surface area contributed by atoms with E-state index >= 15 is 0 Å². The first-order chi connectivity index (χ1) is 14.6. The summed E-state index contributed by atoms with van der Waals surface area (Å²) in [6.45, 7) is 4.02. The minimum Gasteiger partial charge on any atom is -0.335 e. The number of halogens is 1. The fourth-order valence-corrected chi connectivity index (χ4v) is 3.87. The molecule has 2 amide bonds. The molecule has 1 saturated heterocycles. The highest BCUT2D eigenvalue weighted by Gasteiger charge is 2.28. The van der Waals surface area contributed by atoms with E-state index in [2.05, 4.69) is 5.10 Å². The van der Waals surface area contributed by atoms with Gasteiger partial charge in [0, 0.05) is 36.8 Å². The van der Waals surface area contributed by atoms with Gasteiger partial charge in [0.2, 0.25) is 0 Å². The molecule has 4 rings (SSSR count). The molecular weight excluding hydrogens is 400 g/mol. The second-order valence-corrected chi connectivity index (χ2v) is 7.63. The molecule has 0 saturated carbocycles. The zero-order valence-electron chi connectivity index (χ0n) is 16.8. The largest absolute Gasteiger partial charge is 0.335 e. The van der Waals surface area contributed by atoms with Crippen molar-refractivity contribution in [3.63, 3.8) is 0 Å². The third kappa shape index (κ3) is 3.96. The maximum absolute atomic E-state index is 13.2. The Labute approximate surface area is 180 Å². The number of amides is 2. The van der Waals surface area contributed by atoms with Gasteiger partial charge in [0.15, 0.2) is 0 Å². The first-order valence-corrected chi connectivity index (χ1v) is 10.4. The van der Waals surface area contributed by atoms with Crippen molar-refractivity contribution >= 4 is 23.4 Å². The summed E-state index contributed by atoms with van der Waals surface area (Å²) < 4.78 is 1.83. The number of carbonyl (C=O) groups excluding carboxylic acids is 2. The standard InChI is InChI=1S/C23H23ClN4O2/c1-2-21-20(16-25-28(21)19-6-4-3-5-7-19)23(30)27-14-12-26(13-15-27)22(29)17-8-10-18(24)11-9-17/h3-11,16H,2,12-15H2,1H3. The Hall–Kier alpha value is -3.12. The summed E-state index contributed by atoms with van der Waals surface area (Å²) in [4.78, 5) is 29.4. The lowest BCUT2D eigenvalue weighted by Crippen LogP contribution is -2.50. The summed E-state index contributed by atoms with van der Waals surface area (Å²) in [6, 6.07) is 16.7. The van der Waals surface area contributed by atoms with E-state index in [0.29, 0.717) is 48.7 Å². The summed E-state index contributed by atoms with van der Waals surface area (Å²) >= 11 is 5.90. The normalized spacial score (nSPS) is 14.1. The molecule has 1 fully saturated rings. The van der Waals surface area contributed by atoms with E-state index < -0.39 is 0 Å². The predicted molar refractivity (Wildman–Crippen MR) is 116 cm³/mol. The van der Waals surface area contributed by atoms with Crippen molar-refractivity contribution in [2.24, 2.45) is 0 Å². The van der Waals surface area contributed by atoms with Crippen LogP contribution in [0.5, 0.6) is 0 Å². The topological polar surface area (TPSA) is 58.4 Å². The summed E-state index contributed by atoms with van der Waals surface area (Å²) in [6.07, 6.45) is 2.35. The van der Waals surface area contributed by atoms with Crippen LogP contribution in [0.4, 0.5) is 0 Å². The zero-order valence-corrected chi connectivity index (χ0v) is 17.5. The summed E-state index contributed by atoms with van der Waals surface area (Å²) in [7, 11) is 0. The molecule has 2 heterocycles. The second-order valence-electron chi connectivity index (χ2n) is 7.20. The fraction of sp³-hybridized carbons (Fsp3) is 0.261.